The van der Waals surface area contributed by atoms with Crippen molar-refractivity contribution in [1.29, 1.82) is 0 Å². The Balaban J connectivity index is 0.00000289. The molecule has 7 N–H and O–H groups in total. The molecule has 1 heterocycles. The molecule has 0 amide bonds. The summed E-state index contributed by atoms with van der Waals surface area (Å²) in [5.41, 5.74) is 5.62. The molecular formula is C9H20ClN3O5. The summed E-state index contributed by atoms with van der Waals surface area (Å²) in [5, 5.41) is 46.4. The highest BCUT2D eigenvalue weighted by Gasteiger charge is 2.41. The standard InChI is InChI=1S/C9H19N3O5.ClH/c10-9(11-1-2-13)12-3-6(15)8(17)7(16)5(12)4-14;/h5-8,13-17H,1-4H2,(H2,10,11);1H/t5-,6+,7-,8-;/m1./s1. The van der Waals surface area contributed by atoms with Gasteiger partial charge in [-0.2, -0.15) is 0 Å². The highest BCUT2D eigenvalue weighted by molar-refractivity contribution is 5.85. The van der Waals surface area contributed by atoms with Gasteiger partial charge in [0.15, 0.2) is 5.96 Å². The topological polar surface area (TPSA) is 143 Å². The van der Waals surface area contributed by atoms with Gasteiger partial charge in [-0.15, -0.1) is 12.4 Å². The predicted molar refractivity (Wildman–Crippen MR) is 66.4 cm³/mol. The molecule has 1 aliphatic heterocycles. The van der Waals surface area contributed by atoms with Crippen molar-refractivity contribution < 1.29 is 25.5 Å². The highest BCUT2D eigenvalue weighted by atomic mass is 35.5. The number of β-amino-alcohol motifs (C(OH)–C–C–N with tert-alkyl or cyclic N) is 1. The Morgan fingerprint density at radius 2 is 1.83 bits per heavy atom. The van der Waals surface area contributed by atoms with Crippen LogP contribution < -0.4 is 5.73 Å². The van der Waals surface area contributed by atoms with Crippen molar-refractivity contribution in [2.24, 2.45) is 10.7 Å². The molecule has 1 fully saturated rings. The molecule has 18 heavy (non-hydrogen) atoms. The van der Waals surface area contributed by atoms with Gasteiger partial charge in [-0.1, -0.05) is 0 Å². The van der Waals surface area contributed by atoms with Gasteiger partial charge in [0.1, 0.15) is 18.3 Å². The van der Waals surface area contributed by atoms with E-state index in [2.05, 4.69) is 4.99 Å². The second-order valence-electron chi connectivity index (χ2n) is 3.91. The van der Waals surface area contributed by atoms with Crippen LogP contribution in [0, 0.1) is 0 Å². The molecule has 0 radical (unpaired) electrons. The quantitative estimate of drug-likeness (QED) is 0.233. The van der Waals surface area contributed by atoms with Crippen molar-refractivity contribution in [2.45, 2.75) is 24.4 Å². The fourth-order valence-electron chi connectivity index (χ4n) is 1.81. The molecule has 1 aliphatic rings. The molecule has 0 unspecified atom stereocenters. The first-order valence-corrected chi connectivity index (χ1v) is 5.35. The van der Waals surface area contributed by atoms with Gasteiger partial charge in [0, 0.05) is 6.54 Å². The summed E-state index contributed by atoms with van der Waals surface area (Å²) in [4.78, 5) is 5.13. The van der Waals surface area contributed by atoms with E-state index in [0.717, 1.165) is 0 Å². The molecule has 1 rings (SSSR count). The molecule has 0 saturated carbocycles. The summed E-state index contributed by atoms with van der Waals surface area (Å²) >= 11 is 0. The van der Waals surface area contributed by atoms with Gasteiger partial charge in [-0.05, 0) is 0 Å². The maximum Gasteiger partial charge on any atom is 0.191 e. The average Bonchev–Trinajstić information content (AvgIpc) is 2.32. The lowest BCUT2D eigenvalue weighted by Crippen LogP contribution is -2.65. The molecule has 0 aromatic heterocycles. The van der Waals surface area contributed by atoms with E-state index in [0.29, 0.717) is 0 Å². The second kappa shape index (κ2) is 7.72. The molecule has 8 nitrogen and oxygen atoms in total. The second-order valence-corrected chi connectivity index (χ2v) is 3.91. The number of guanidine groups is 1. The van der Waals surface area contributed by atoms with Gasteiger partial charge in [-0.25, -0.2) is 0 Å². The SMILES string of the molecule is Cl.NC(=NCCO)N1C[C@H](O)[C@@H](O)[C@H](O)[C@H]1CO. The zero-order valence-electron chi connectivity index (χ0n) is 9.75. The fraction of sp³-hybridized carbons (Fsp3) is 0.889. The lowest BCUT2D eigenvalue weighted by molar-refractivity contribution is -0.128. The molecule has 1 saturated heterocycles. The Morgan fingerprint density at radius 3 is 2.33 bits per heavy atom. The molecule has 108 valence electrons. The van der Waals surface area contributed by atoms with E-state index in [1.54, 1.807) is 0 Å². The van der Waals surface area contributed by atoms with E-state index in [1.807, 2.05) is 0 Å². The van der Waals surface area contributed by atoms with Crippen LogP contribution in [0.15, 0.2) is 4.99 Å². The van der Waals surface area contributed by atoms with Crippen LogP contribution in [-0.2, 0) is 0 Å². The molecular weight excluding hydrogens is 266 g/mol. The summed E-state index contributed by atoms with van der Waals surface area (Å²) in [6.07, 6.45) is -3.81. The van der Waals surface area contributed by atoms with Crippen LogP contribution in [0.5, 0.6) is 0 Å². The van der Waals surface area contributed by atoms with Crippen LogP contribution in [0.2, 0.25) is 0 Å². The molecule has 0 aliphatic carbocycles. The summed E-state index contributed by atoms with van der Waals surface area (Å²) in [6, 6.07) is -0.823. The summed E-state index contributed by atoms with van der Waals surface area (Å²) < 4.78 is 0. The highest BCUT2D eigenvalue weighted by Crippen LogP contribution is 2.18. The normalized spacial score (nSPS) is 33.2. The molecule has 0 bridgehead atoms. The van der Waals surface area contributed by atoms with Crippen LogP contribution in [0.1, 0.15) is 0 Å². The monoisotopic (exact) mass is 285 g/mol. The number of aliphatic hydroxyl groups is 5. The number of nitrogens with zero attached hydrogens (tertiary/aromatic N) is 2. The third-order valence-corrected chi connectivity index (χ3v) is 2.78. The van der Waals surface area contributed by atoms with E-state index in [1.165, 1.54) is 4.90 Å². The Labute approximate surface area is 111 Å². The predicted octanol–water partition coefficient (Wildman–Crippen LogP) is -3.53. The minimum Gasteiger partial charge on any atom is -0.394 e. The number of likely N-dealkylation sites (tertiary alicyclic amines) is 1. The number of aliphatic hydroxyl groups excluding tert-OH is 5. The van der Waals surface area contributed by atoms with Crippen molar-refractivity contribution in [1.82, 2.24) is 4.90 Å². The Bertz CT molecular complexity index is 281. The van der Waals surface area contributed by atoms with Crippen LogP contribution in [-0.4, -0.2) is 87.0 Å². The number of hydrogen-bond acceptors (Lipinski definition) is 6. The van der Waals surface area contributed by atoms with Crippen LogP contribution in [0.4, 0.5) is 0 Å². The van der Waals surface area contributed by atoms with E-state index in [4.69, 9.17) is 15.9 Å². The minimum atomic E-state index is -1.32. The van der Waals surface area contributed by atoms with Gasteiger partial charge < -0.3 is 36.2 Å². The van der Waals surface area contributed by atoms with Crippen molar-refractivity contribution in [2.75, 3.05) is 26.3 Å². The van der Waals surface area contributed by atoms with Crippen molar-refractivity contribution >= 4 is 18.4 Å². The van der Waals surface area contributed by atoms with E-state index >= 15 is 0 Å². The number of halogens is 1. The summed E-state index contributed by atoms with van der Waals surface area (Å²) in [5.74, 6) is 0.00287. The van der Waals surface area contributed by atoms with Crippen molar-refractivity contribution in [3.05, 3.63) is 0 Å². The minimum absolute atomic E-state index is 0. The third-order valence-electron chi connectivity index (χ3n) is 2.78. The maximum absolute atomic E-state index is 9.68. The largest absolute Gasteiger partial charge is 0.394 e. The lowest BCUT2D eigenvalue weighted by Gasteiger charge is -2.43. The van der Waals surface area contributed by atoms with Gasteiger partial charge in [-0.3, -0.25) is 4.99 Å². The molecule has 0 spiro atoms. The number of rotatable bonds is 3. The van der Waals surface area contributed by atoms with Gasteiger partial charge in [0.05, 0.1) is 25.8 Å². The van der Waals surface area contributed by atoms with E-state index in [9.17, 15) is 15.3 Å². The first kappa shape index (κ1) is 17.4. The molecule has 0 aromatic rings. The van der Waals surface area contributed by atoms with E-state index in [-0.39, 0.29) is 38.1 Å². The van der Waals surface area contributed by atoms with Crippen LogP contribution in [0.3, 0.4) is 0 Å². The van der Waals surface area contributed by atoms with Gasteiger partial charge >= 0.3 is 0 Å². The number of hydrogen-bond donors (Lipinski definition) is 6. The van der Waals surface area contributed by atoms with Gasteiger partial charge in [0.25, 0.3) is 0 Å². The van der Waals surface area contributed by atoms with Crippen molar-refractivity contribution in [3.63, 3.8) is 0 Å². The summed E-state index contributed by atoms with van der Waals surface area (Å²) in [7, 11) is 0. The number of aliphatic imine (C=N–C) groups is 1. The Morgan fingerprint density at radius 1 is 1.22 bits per heavy atom. The number of nitrogens with two attached hydrogens (primary N) is 1. The first-order valence-electron chi connectivity index (χ1n) is 5.35. The average molecular weight is 286 g/mol. The summed E-state index contributed by atoms with van der Waals surface area (Å²) in [6.45, 7) is -0.550. The molecule has 0 aromatic carbocycles. The van der Waals surface area contributed by atoms with Crippen LogP contribution >= 0.6 is 12.4 Å². The fourth-order valence-corrected chi connectivity index (χ4v) is 1.81. The Kier molecular flexibility index (Phi) is 7.45. The molecule has 9 heteroatoms. The van der Waals surface area contributed by atoms with Crippen LogP contribution in [0.25, 0.3) is 0 Å². The zero-order valence-corrected chi connectivity index (χ0v) is 10.6. The number of piperidine rings is 1. The first-order chi connectivity index (χ1) is 8.02. The lowest BCUT2D eigenvalue weighted by atomic mass is 9.94. The Hall–Kier alpha value is -0.640. The van der Waals surface area contributed by atoms with Crippen molar-refractivity contribution in [3.8, 4) is 0 Å². The molecule has 4 atom stereocenters. The zero-order chi connectivity index (χ0) is 13.0. The third kappa shape index (κ3) is 3.67. The van der Waals surface area contributed by atoms with E-state index < -0.39 is 31.0 Å². The maximum atomic E-state index is 9.68. The smallest absolute Gasteiger partial charge is 0.191 e. The van der Waals surface area contributed by atoms with Gasteiger partial charge in [0.2, 0.25) is 0 Å².